The number of primary amides is 1. The molecule has 0 saturated carbocycles. The van der Waals surface area contributed by atoms with Gasteiger partial charge in [-0.25, -0.2) is 18.5 Å². The summed E-state index contributed by atoms with van der Waals surface area (Å²) in [6.07, 6.45) is 1.59. The third-order valence-corrected chi connectivity index (χ3v) is 5.07. The van der Waals surface area contributed by atoms with E-state index in [2.05, 4.69) is 0 Å². The molecule has 140 valence electrons. The fourth-order valence-electron chi connectivity index (χ4n) is 2.57. The van der Waals surface area contributed by atoms with Gasteiger partial charge < -0.3 is 5.73 Å². The first kappa shape index (κ1) is 20.1. The molecule has 0 aliphatic rings. The Labute approximate surface area is 158 Å². The average Bonchev–Trinajstić information content (AvgIpc) is 2.59. The second-order valence-corrected chi connectivity index (χ2v) is 6.56. The first-order valence-corrected chi connectivity index (χ1v) is 8.62. The van der Waals surface area contributed by atoms with Crippen LogP contribution in [0.15, 0.2) is 15.7 Å². The summed E-state index contributed by atoms with van der Waals surface area (Å²) in [6.45, 7) is 1.91. The SMILES string of the molecule is CCCCc1c(F)c(-n2c(=O)n(C)c(=S)n(C)c2=O)cc(C(N)=O)c1Cl. The van der Waals surface area contributed by atoms with Gasteiger partial charge in [0.25, 0.3) is 0 Å². The Kier molecular flexibility index (Phi) is 5.82. The van der Waals surface area contributed by atoms with Crippen molar-refractivity contribution in [3.05, 3.63) is 53.8 Å². The molecule has 0 aliphatic carbocycles. The molecule has 0 radical (unpaired) electrons. The number of rotatable bonds is 5. The highest BCUT2D eigenvalue weighted by molar-refractivity contribution is 7.71. The Morgan fingerprint density at radius 3 is 2.27 bits per heavy atom. The minimum Gasteiger partial charge on any atom is -0.366 e. The molecule has 7 nitrogen and oxygen atoms in total. The largest absolute Gasteiger partial charge is 0.366 e. The van der Waals surface area contributed by atoms with Crippen LogP contribution in [-0.4, -0.2) is 19.6 Å². The van der Waals surface area contributed by atoms with Crippen molar-refractivity contribution in [1.82, 2.24) is 13.7 Å². The van der Waals surface area contributed by atoms with Crippen LogP contribution in [0.1, 0.15) is 35.7 Å². The summed E-state index contributed by atoms with van der Waals surface area (Å²) in [7, 11) is 2.73. The molecule has 1 heterocycles. The number of carbonyl (C=O) groups is 1. The van der Waals surface area contributed by atoms with E-state index in [1.165, 1.54) is 14.1 Å². The predicted molar refractivity (Wildman–Crippen MR) is 99.2 cm³/mol. The van der Waals surface area contributed by atoms with Gasteiger partial charge in [0.05, 0.1) is 16.3 Å². The summed E-state index contributed by atoms with van der Waals surface area (Å²) in [6, 6.07) is 1.02. The Balaban J connectivity index is 2.98. The highest BCUT2D eigenvalue weighted by atomic mass is 35.5. The topological polar surface area (TPSA) is 92.0 Å². The van der Waals surface area contributed by atoms with Crippen molar-refractivity contribution in [3.8, 4) is 5.69 Å². The zero-order chi connectivity index (χ0) is 19.8. The van der Waals surface area contributed by atoms with E-state index >= 15 is 4.39 Å². The molecule has 0 saturated heterocycles. The molecule has 2 rings (SSSR count). The van der Waals surface area contributed by atoms with E-state index < -0.39 is 23.1 Å². The van der Waals surface area contributed by atoms with Crippen LogP contribution in [-0.2, 0) is 20.5 Å². The van der Waals surface area contributed by atoms with Gasteiger partial charge in [-0.05, 0) is 31.1 Å². The Hall–Kier alpha value is -2.26. The number of unbranched alkanes of at least 4 members (excludes halogenated alkanes) is 1. The van der Waals surface area contributed by atoms with Crippen molar-refractivity contribution in [2.24, 2.45) is 19.8 Å². The summed E-state index contributed by atoms with van der Waals surface area (Å²) in [5.74, 6) is -1.73. The number of nitrogens with two attached hydrogens (primary N) is 1. The van der Waals surface area contributed by atoms with Gasteiger partial charge >= 0.3 is 11.4 Å². The van der Waals surface area contributed by atoms with Gasteiger partial charge in [0.15, 0.2) is 10.6 Å². The number of carbonyl (C=O) groups excluding carboxylic acids is 1. The molecule has 1 amide bonds. The maximum absolute atomic E-state index is 15.1. The Morgan fingerprint density at radius 2 is 1.81 bits per heavy atom. The van der Waals surface area contributed by atoms with E-state index in [0.29, 0.717) is 11.0 Å². The molecule has 10 heteroatoms. The summed E-state index contributed by atoms with van der Waals surface area (Å²) in [5.41, 5.74) is 3.15. The zero-order valence-electron chi connectivity index (χ0n) is 14.5. The Bertz CT molecular complexity index is 1030. The number of amides is 1. The molecule has 0 fully saturated rings. The van der Waals surface area contributed by atoms with Crippen molar-refractivity contribution in [2.75, 3.05) is 0 Å². The summed E-state index contributed by atoms with van der Waals surface area (Å²) >= 11 is 11.1. The average molecular weight is 401 g/mol. The molecular weight excluding hydrogens is 383 g/mol. The minimum absolute atomic E-state index is 0.0213. The second-order valence-electron chi connectivity index (χ2n) is 5.82. The number of aromatic nitrogens is 3. The third-order valence-electron chi connectivity index (χ3n) is 4.09. The molecule has 1 aromatic carbocycles. The fraction of sp³-hybridized carbons (Fsp3) is 0.375. The highest BCUT2D eigenvalue weighted by Gasteiger charge is 2.23. The van der Waals surface area contributed by atoms with Crippen LogP contribution in [0.25, 0.3) is 5.69 Å². The highest BCUT2D eigenvalue weighted by Crippen LogP contribution is 2.29. The van der Waals surface area contributed by atoms with E-state index in [4.69, 9.17) is 29.6 Å². The van der Waals surface area contributed by atoms with Crippen molar-refractivity contribution in [1.29, 1.82) is 0 Å². The maximum Gasteiger partial charge on any atom is 0.338 e. The molecule has 0 spiro atoms. The number of benzene rings is 1. The van der Waals surface area contributed by atoms with E-state index in [0.717, 1.165) is 21.6 Å². The smallest absolute Gasteiger partial charge is 0.338 e. The lowest BCUT2D eigenvalue weighted by molar-refractivity contribution is 0.1000. The minimum atomic E-state index is -0.886. The number of halogens is 2. The molecule has 2 N–H and O–H groups in total. The van der Waals surface area contributed by atoms with E-state index in [9.17, 15) is 14.4 Å². The molecule has 0 unspecified atom stereocenters. The van der Waals surface area contributed by atoms with Crippen LogP contribution in [0.3, 0.4) is 0 Å². The van der Waals surface area contributed by atoms with Gasteiger partial charge in [-0.2, -0.15) is 0 Å². The van der Waals surface area contributed by atoms with Crippen LogP contribution in [0.5, 0.6) is 0 Å². The van der Waals surface area contributed by atoms with E-state index in [-0.39, 0.29) is 33.0 Å². The fourth-order valence-corrected chi connectivity index (χ4v) is 3.05. The lowest BCUT2D eigenvalue weighted by Gasteiger charge is -2.16. The van der Waals surface area contributed by atoms with Crippen LogP contribution < -0.4 is 17.1 Å². The van der Waals surface area contributed by atoms with Crippen molar-refractivity contribution in [3.63, 3.8) is 0 Å². The van der Waals surface area contributed by atoms with E-state index in [1.807, 2.05) is 6.92 Å². The second kappa shape index (κ2) is 7.55. The van der Waals surface area contributed by atoms with Gasteiger partial charge in [-0.1, -0.05) is 24.9 Å². The van der Waals surface area contributed by atoms with Crippen LogP contribution in [0, 0.1) is 10.6 Å². The normalized spacial score (nSPS) is 11.0. The maximum atomic E-state index is 15.1. The Morgan fingerprint density at radius 1 is 1.27 bits per heavy atom. The third kappa shape index (κ3) is 3.24. The van der Waals surface area contributed by atoms with Crippen LogP contribution in [0.4, 0.5) is 4.39 Å². The van der Waals surface area contributed by atoms with Crippen molar-refractivity contribution in [2.45, 2.75) is 26.2 Å². The number of nitrogens with zero attached hydrogens (tertiary/aromatic N) is 3. The van der Waals surface area contributed by atoms with Gasteiger partial charge in [-0.15, -0.1) is 0 Å². The number of hydrogen-bond donors (Lipinski definition) is 1. The predicted octanol–water partition coefficient (Wildman–Crippen LogP) is 1.84. The first-order valence-electron chi connectivity index (χ1n) is 7.83. The van der Waals surface area contributed by atoms with Crippen molar-refractivity contribution < 1.29 is 9.18 Å². The van der Waals surface area contributed by atoms with Gasteiger partial charge in [-0.3, -0.25) is 13.9 Å². The molecule has 0 bridgehead atoms. The first-order chi connectivity index (χ1) is 12.1. The van der Waals surface area contributed by atoms with Gasteiger partial charge in [0, 0.05) is 19.7 Å². The van der Waals surface area contributed by atoms with Crippen molar-refractivity contribution >= 4 is 29.7 Å². The molecule has 0 aliphatic heterocycles. The van der Waals surface area contributed by atoms with Gasteiger partial charge in [0.1, 0.15) is 0 Å². The number of hydrogen-bond acceptors (Lipinski definition) is 4. The van der Waals surface area contributed by atoms with Gasteiger partial charge in [0.2, 0.25) is 5.91 Å². The monoisotopic (exact) mass is 400 g/mol. The van der Waals surface area contributed by atoms with Crippen LogP contribution >= 0.6 is 23.8 Å². The molecule has 1 aromatic heterocycles. The lowest BCUT2D eigenvalue weighted by Crippen LogP contribution is -2.44. The standard InChI is InChI=1S/C16H18ClFN4O3S/c1-4-5-6-8-11(17)9(13(19)23)7-10(12(8)18)22-14(24)20(2)16(26)21(3)15(22)25/h7H,4-6H2,1-3H3,(H2,19,23). The molecule has 26 heavy (non-hydrogen) atoms. The molecule has 2 aromatic rings. The summed E-state index contributed by atoms with van der Waals surface area (Å²) in [5, 5.41) is -0.110. The van der Waals surface area contributed by atoms with E-state index in [1.54, 1.807) is 0 Å². The van der Waals surface area contributed by atoms with Crippen LogP contribution in [0.2, 0.25) is 5.02 Å². The lowest BCUT2D eigenvalue weighted by atomic mass is 10.0. The zero-order valence-corrected chi connectivity index (χ0v) is 16.1. The molecule has 0 atom stereocenters. The quantitative estimate of drug-likeness (QED) is 0.775. The summed E-state index contributed by atoms with van der Waals surface area (Å²) in [4.78, 5) is 36.8. The molecular formula is C16H18ClFN4O3S. The summed E-state index contributed by atoms with van der Waals surface area (Å²) < 4.78 is 17.8.